The molecule has 0 atom stereocenters. The molecular formula is C82H56N2O2. The second-order valence-electron chi connectivity index (χ2n) is 22.5. The molecule has 0 saturated carbocycles. The van der Waals surface area contributed by atoms with E-state index in [0.717, 1.165) is 145 Å². The van der Waals surface area contributed by atoms with Gasteiger partial charge in [-0.2, -0.15) is 0 Å². The van der Waals surface area contributed by atoms with Gasteiger partial charge in [0, 0.05) is 66.5 Å². The first-order chi connectivity index (χ1) is 42.5. The van der Waals surface area contributed by atoms with E-state index in [4.69, 9.17) is 8.83 Å². The smallest absolute Gasteiger partial charge is 0.143 e. The van der Waals surface area contributed by atoms with Crippen molar-refractivity contribution in [2.75, 3.05) is 9.80 Å². The van der Waals surface area contributed by atoms with E-state index in [1.165, 1.54) is 21.5 Å². The molecule has 14 aromatic carbocycles. The maximum atomic E-state index is 6.53. The van der Waals surface area contributed by atoms with Gasteiger partial charge in [-0.05, 0) is 165 Å². The second kappa shape index (κ2) is 20.9. The van der Waals surface area contributed by atoms with Crippen LogP contribution in [-0.4, -0.2) is 0 Å². The summed E-state index contributed by atoms with van der Waals surface area (Å²) in [6.07, 6.45) is 0. The predicted octanol–water partition coefficient (Wildman–Crippen LogP) is 23.7. The zero-order valence-corrected chi connectivity index (χ0v) is 47.6. The van der Waals surface area contributed by atoms with Crippen LogP contribution in [0.1, 0.15) is 11.1 Å². The zero-order chi connectivity index (χ0) is 57.2. The third-order valence-corrected chi connectivity index (χ3v) is 17.3. The Morgan fingerprint density at radius 3 is 1.02 bits per heavy atom. The first kappa shape index (κ1) is 50.5. The van der Waals surface area contributed by atoms with Crippen molar-refractivity contribution in [3.63, 3.8) is 0 Å². The Kier molecular flexibility index (Phi) is 12.3. The fourth-order valence-corrected chi connectivity index (χ4v) is 13.1. The van der Waals surface area contributed by atoms with Gasteiger partial charge in [0.2, 0.25) is 0 Å². The van der Waals surface area contributed by atoms with Gasteiger partial charge in [0.1, 0.15) is 22.3 Å². The largest absolute Gasteiger partial charge is 0.455 e. The van der Waals surface area contributed by atoms with Crippen molar-refractivity contribution in [1.82, 2.24) is 0 Å². The molecule has 0 radical (unpaired) electrons. The first-order valence-corrected chi connectivity index (χ1v) is 29.5. The number of aryl methyl sites for hydroxylation is 2. The minimum atomic E-state index is 0.893. The molecule has 0 saturated heterocycles. The van der Waals surface area contributed by atoms with Gasteiger partial charge in [-0.15, -0.1) is 0 Å². The van der Waals surface area contributed by atoms with Crippen LogP contribution in [0.25, 0.3) is 121 Å². The number of benzene rings is 14. The van der Waals surface area contributed by atoms with E-state index in [1.54, 1.807) is 0 Å². The van der Waals surface area contributed by atoms with Crippen LogP contribution in [0.3, 0.4) is 0 Å². The van der Waals surface area contributed by atoms with Gasteiger partial charge in [-0.1, -0.05) is 218 Å². The average molecular weight is 1100 g/mol. The predicted molar refractivity (Wildman–Crippen MR) is 362 cm³/mol. The van der Waals surface area contributed by atoms with Gasteiger partial charge in [-0.25, -0.2) is 0 Å². The van der Waals surface area contributed by atoms with E-state index in [2.05, 4.69) is 303 Å². The van der Waals surface area contributed by atoms with Crippen LogP contribution in [-0.2, 0) is 0 Å². The van der Waals surface area contributed by atoms with Gasteiger partial charge < -0.3 is 18.6 Å². The van der Waals surface area contributed by atoms with E-state index in [9.17, 15) is 0 Å². The van der Waals surface area contributed by atoms with Crippen molar-refractivity contribution >= 4 is 99.5 Å². The third-order valence-electron chi connectivity index (χ3n) is 17.3. The molecule has 0 N–H and O–H groups in total. The number of hydrogen-bond donors (Lipinski definition) is 0. The van der Waals surface area contributed by atoms with Crippen LogP contribution in [0.15, 0.2) is 312 Å². The zero-order valence-electron chi connectivity index (χ0n) is 47.6. The monoisotopic (exact) mass is 1100 g/mol. The van der Waals surface area contributed by atoms with Crippen LogP contribution < -0.4 is 9.80 Å². The van der Waals surface area contributed by atoms with Crippen molar-refractivity contribution in [2.24, 2.45) is 0 Å². The van der Waals surface area contributed by atoms with Crippen LogP contribution in [0.5, 0.6) is 0 Å². The molecule has 16 rings (SSSR count). The average Bonchev–Trinajstić information content (AvgIpc) is 2.22. The Morgan fingerprint density at radius 1 is 0.233 bits per heavy atom. The lowest BCUT2D eigenvalue weighted by molar-refractivity contribution is 0.669. The van der Waals surface area contributed by atoms with Crippen molar-refractivity contribution in [2.45, 2.75) is 13.8 Å². The molecule has 0 bridgehead atoms. The van der Waals surface area contributed by atoms with Gasteiger partial charge in [0.05, 0.1) is 11.4 Å². The molecule has 0 aliphatic carbocycles. The maximum Gasteiger partial charge on any atom is 0.143 e. The molecule has 0 aliphatic heterocycles. The Morgan fingerprint density at radius 2 is 0.581 bits per heavy atom. The van der Waals surface area contributed by atoms with Crippen molar-refractivity contribution < 1.29 is 8.83 Å². The summed E-state index contributed by atoms with van der Waals surface area (Å²) >= 11 is 0. The van der Waals surface area contributed by atoms with Crippen LogP contribution >= 0.6 is 0 Å². The molecule has 0 fully saturated rings. The number of rotatable bonds is 11. The fraction of sp³-hybridized carbons (Fsp3) is 0.0244. The molecule has 406 valence electrons. The highest BCUT2D eigenvalue weighted by Crippen LogP contribution is 2.48. The molecule has 0 spiro atoms. The lowest BCUT2D eigenvalue weighted by Gasteiger charge is -2.30. The number of nitrogens with zero attached hydrogens (tertiary/aromatic N) is 2. The molecule has 4 nitrogen and oxygen atoms in total. The molecule has 0 aliphatic rings. The van der Waals surface area contributed by atoms with Crippen LogP contribution in [0.2, 0.25) is 0 Å². The summed E-state index contributed by atoms with van der Waals surface area (Å²) in [6, 6.07) is 110. The number of hydrogen-bond acceptors (Lipinski definition) is 4. The Hall–Kier alpha value is -11.2. The summed E-state index contributed by atoms with van der Waals surface area (Å²) < 4.78 is 13.1. The number of para-hydroxylation sites is 6. The number of anilines is 6. The Balaban J connectivity index is 0.794. The molecule has 86 heavy (non-hydrogen) atoms. The highest BCUT2D eigenvalue weighted by atomic mass is 16.3. The summed E-state index contributed by atoms with van der Waals surface area (Å²) in [5.74, 6) is 0. The molecule has 16 aromatic rings. The first-order valence-electron chi connectivity index (χ1n) is 29.5. The SMILES string of the molecule is Cc1cc(-c2ccc(N(c3ccc(-c4cccc5c4oc4ccccc45)cc3)c3ccccc3-c3ccc4ccccc4c3)c(C)c2)ccc1N(c1ccc(-c2cccc3c2oc2ccccc23)cc1)c1ccccc1-c1ccc2ccccc2c1. The summed E-state index contributed by atoms with van der Waals surface area (Å²) in [4.78, 5) is 4.85. The van der Waals surface area contributed by atoms with E-state index in [0.29, 0.717) is 0 Å². The molecule has 0 unspecified atom stereocenters. The molecule has 4 heteroatoms. The van der Waals surface area contributed by atoms with Crippen molar-refractivity contribution in [1.29, 1.82) is 0 Å². The number of furan rings is 2. The standard InChI is InChI=1S/C82H56N2O2/c1-53-49-61(41-47-75(53)83(77-29-11-7-21-67(77)63-35-33-55-17-3-5-19-59(55)51-63)65-43-37-57(38-44-65)69-25-15-27-73-71-23-9-13-31-79(71)85-81(69)73)62-42-48-76(54(2)50-62)84(78-30-12-8-22-68(78)64-36-34-56-18-4-6-20-60(56)52-64)66-45-39-58(40-46-66)70-26-16-28-74-72-24-10-14-32-80(72)86-82(70)74/h3-52H,1-2H3. The molecule has 2 heterocycles. The van der Waals surface area contributed by atoms with Crippen LogP contribution in [0, 0.1) is 13.8 Å². The molecule has 0 amide bonds. The summed E-state index contributed by atoms with van der Waals surface area (Å²) in [6.45, 7) is 4.48. The van der Waals surface area contributed by atoms with E-state index < -0.39 is 0 Å². The highest BCUT2D eigenvalue weighted by molar-refractivity contribution is 6.11. The van der Waals surface area contributed by atoms with Gasteiger partial charge in [0.25, 0.3) is 0 Å². The fourth-order valence-electron chi connectivity index (χ4n) is 13.1. The second-order valence-corrected chi connectivity index (χ2v) is 22.5. The van der Waals surface area contributed by atoms with Crippen molar-refractivity contribution in [3.05, 3.63) is 314 Å². The lowest BCUT2D eigenvalue weighted by Crippen LogP contribution is -2.13. The van der Waals surface area contributed by atoms with Crippen molar-refractivity contribution in [3.8, 4) is 55.6 Å². The maximum absolute atomic E-state index is 6.53. The van der Waals surface area contributed by atoms with Gasteiger partial charge in [0.15, 0.2) is 0 Å². The normalized spacial score (nSPS) is 11.6. The van der Waals surface area contributed by atoms with E-state index in [-0.39, 0.29) is 0 Å². The minimum Gasteiger partial charge on any atom is -0.455 e. The molecule has 2 aromatic heterocycles. The van der Waals surface area contributed by atoms with Gasteiger partial charge in [-0.3, -0.25) is 0 Å². The van der Waals surface area contributed by atoms with E-state index in [1.807, 2.05) is 24.3 Å². The van der Waals surface area contributed by atoms with Gasteiger partial charge >= 0.3 is 0 Å². The quantitative estimate of drug-likeness (QED) is 0.129. The topological polar surface area (TPSA) is 32.8 Å². The third kappa shape index (κ3) is 8.78. The molecular weight excluding hydrogens is 1040 g/mol. The Labute approximate surface area is 499 Å². The van der Waals surface area contributed by atoms with Crippen LogP contribution in [0.4, 0.5) is 34.1 Å². The highest BCUT2D eigenvalue weighted by Gasteiger charge is 2.24. The number of fused-ring (bicyclic) bond motifs is 8. The summed E-state index contributed by atoms with van der Waals surface area (Å²) in [7, 11) is 0. The van der Waals surface area contributed by atoms with E-state index >= 15 is 0 Å². The Bertz CT molecular complexity index is 4950. The lowest BCUT2D eigenvalue weighted by atomic mass is 9.96. The summed E-state index contributed by atoms with van der Waals surface area (Å²) in [5, 5.41) is 9.34. The summed E-state index contributed by atoms with van der Waals surface area (Å²) in [5.41, 5.74) is 23.6. The minimum absolute atomic E-state index is 0.893.